The number of aliphatic hydroxyl groups is 3. The highest BCUT2D eigenvalue weighted by molar-refractivity contribution is 7.99. The lowest BCUT2D eigenvalue weighted by Gasteiger charge is -2.25. The topological polar surface area (TPSA) is 128 Å². The lowest BCUT2D eigenvalue weighted by atomic mass is 10.1. The molecule has 1 unspecified atom stereocenters. The third-order valence-electron chi connectivity index (χ3n) is 3.48. The second kappa shape index (κ2) is 18.2. The monoisotopic (exact) mass is 424 g/mol. The van der Waals surface area contributed by atoms with Crippen LogP contribution in [0.2, 0.25) is 0 Å². The predicted octanol–water partition coefficient (Wildman–Crippen LogP) is 0.535. The van der Waals surface area contributed by atoms with E-state index in [1.807, 2.05) is 13.8 Å². The largest absolute Gasteiger partial charge is 0.394 e. The molecule has 0 aromatic heterocycles. The van der Waals surface area contributed by atoms with Gasteiger partial charge in [-0.25, -0.2) is 0 Å². The summed E-state index contributed by atoms with van der Waals surface area (Å²) in [6.45, 7) is 10.9. The highest BCUT2D eigenvalue weighted by atomic mass is 32.2. The number of aliphatic hydroxyl groups excluding tert-OH is 3. The van der Waals surface area contributed by atoms with Crippen LogP contribution in [0.3, 0.4) is 0 Å². The van der Waals surface area contributed by atoms with Crippen LogP contribution >= 0.6 is 11.8 Å². The molecule has 0 aliphatic heterocycles. The number of ether oxygens (including phenoxy) is 1. The Hall–Kier alpha value is -0.870. The number of nitrogens with one attached hydrogen (secondary N) is 2. The minimum atomic E-state index is -0.774. The fourth-order valence-electron chi connectivity index (χ4n) is 1.83. The van der Waals surface area contributed by atoms with E-state index in [1.165, 1.54) is 11.8 Å². The fraction of sp³-hybridized carbons (Fsp3) is 0.895. The van der Waals surface area contributed by atoms with Gasteiger partial charge in [0.25, 0.3) is 0 Å². The minimum absolute atomic E-state index is 0.0143. The molecule has 0 radical (unpaired) electrons. The molecular weight excluding hydrogens is 384 g/mol. The Kier molecular flexibility index (Phi) is 19.0. The molecule has 0 spiro atoms. The summed E-state index contributed by atoms with van der Waals surface area (Å²) in [5, 5.41) is 31.9. The average Bonchev–Trinajstić information content (AvgIpc) is 2.59. The van der Waals surface area contributed by atoms with Crippen LogP contribution in [0.25, 0.3) is 0 Å². The van der Waals surface area contributed by atoms with Crippen LogP contribution in [0.15, 0.2) is 0 Å². The maximum absolute atomic E-state index is 11.5. The summed E-state index contributed by atoms with van der Waals surface area (Å²) in [6.07, 6.45) is 0.950. The van der Waals surface area contributed by atoms with Gasteiger partial charge in [-0.05, 0) is 32.6 Å². The van der Waals surface area contributed by atoms with Crippen molar-refractivity contribution in [2.24, 2.45) is 5.92 Å². The van der Waals surface area contributed by atoms with Gasteiger partial charge in [0, 0.05) is 25.8 Å². The molecule has 0 aromatic rings. The molecular formula is C19H40N2O6S. The standard InChI is InChI=1S/C12H25NO5S.C7H15NO/c1-12(2,18-6-5-14)3-4-13-11(17)9-19-8-10(16)7-15;1-6(2)4-5-8-7(3)9/h10,14-16H,3-9H2,1-2H3,(H,13,17);6H,4-5H2,1-3H3,(H,8,9). The third-order valence-corrected chi connectivity index (χ3v) is 4.57. The van der Waals surface area contributed by atoms with Crippen molar-refractivity contribution in [3.05, 3.63) is 0 Å². The smallest absolute Gasteiger partial charge is 0.229 e. The van der Waals surface area contributed by atoms with Crippen molar-refractivity contribution in [3.8, 4) is 0 Å². The number of carbonyl (C=O) groups is 2. The molecule has 0 aliphatic carbocycles. The summed E-state index contributed by atoms with van der Waals surface area (Å²) < 4.78 is 5.42. The Morgan fingerprint density at radius 1 is 1.14 bits per heavy atom. The van der Waals surface area contributed by atoms with E-state index >= 15 is 0 Å². The first-order valence-corrected chi connectivity index (χ1v) is 10.8. The predicted molar refractivity (Wildman–Crippen MR) is 113 cm³/mol. The summed E-state index contributed by atoms with van der Waals surface area (Å²) >= 11 is 1.28. The average molecular weight is 425 g/mol. The highest BCUT2D eigenvalue weighted by Gasteiger charge is 2.18. The van der Waals surface area contributed by atoms with Gasteiger partial charge in [-0.3, -0.25) is 9.59 Å². The van der Waals surface area contributed by atoms with E-state index in [9.17, 15) is 9.59 Å². The first-order valence-electron chi connectivity index (χ1n) is 9.66. The van der Waals surface area contributed by atoms with E-state index in [1.54, 1.807) is 6.92 Å². The minimum Gasteiger partial charge on any atom is -0.394 e. The molecule has 9 heteroatoms. The Labute approximate surface area is 173 Å². The van der Waals surface area contributed by atoms with Gasteiger partial charge in [0.15, 0.2) is 0 Å². The maximum Gasteiger partial charge on any atom is 0.229 e. The van der Waals surface area contributed by atoms with Crippen molar-refractivity contribution in [2.75, 3.05) is 44.4 Å². The van der Waals surface area contributed by atoms with Crippen LogP contribution in [0.1, 0.15) is 47.5 Å². The number of rotatable bonds is 14. The molecule has 0 bridgehead atoms. The van der Waals surface area contributed by atoms with Crippen molar-refractivity contribution in [2.45, 2.75) is 59.2 Å². The molecule has 0 aromatic carbocycles. The summed E-state index contributed by atoms with van der Waals surface area (Å²) in [5.74, 6) is 1.24. The van der Waals surface area contributed by atoms with Gasteiger partial charge in [-0.2, -0.15) is 0 Å². The van der Waals surface area contributed by atoms with Crippen molar-refractivity contribution in [1.29, 1.82) is 0 Å². The first-order chi connectivity index (χ1) is 13.0. The number of carbonyl (C=O) groups excluding carboxylic acids is 2. The summed E-state index contributed by atoms with van der Waals surface area (Å²) in [6, 6.07) is 0. The lowest BCUT2D eigenvalue weighted by Crippen LogP contribution is -2.34. The molecule has 0 heterocycles. The van der Waals surface area contributed by atoms with E-state index in [0.717, 1.165) is 13.0 Å². The second-order valence-corrected chi connectivity index (χ2v) is 8.48. The Morgan fingerprint density at radius 2 is 1.79 bits per heavy atom. The van der Waals surface area contributed by atoms with E-state index < -0.39 is 6.10 Å². The van der Waals surface area contributed by atoms with Gasteiger partial charge in [-0.15, -0.1) is 11.8 Å². The van der Waals surface area contributed by atoms with Crippen LogP contribution in [-0.4, -0.2) is 83.3 Å². The van der Waals surface area contributed by atoms with Gasteiger partial charge in [-0.1, -0.05) is 13.8 Å². The number of amides is 2. The van der Waals surface area contributed by atoms with E-state index in [-0.39, 0.29) is 43.0 Å². The zero-order valence-corrected chi connectivity index (χ0v) is 18.8. The lowest BCUT2D eigenvalue weighted by molar-refractivity contribution is -0.119. The summed E-state index contributed by atoms with van der Waals surface area (Å²) in [7, 11) is 0. The Balaban J connectivity index is 0. The van der Waals surface area contributed by atoms with Crippen LogP contribution in [0.5, 0.6) is 0 Å². The molecule has 0 rings (SSSR count). The van der Waals surface area contributed by atoms with Crippen LogP contribution < -0.4 is 10.6 Å². The molecule has 0 saturated heterocycles. The number of thioether (sulfide) groups is 1. The van der Waals surface area contributed by atoms with Crippen LogP contribution in [0.4, 0.5) is 0 Å². The van der Waals surface area contributed by atoms with Crippen molar-refractivity contribution in [3.63, 3.8) is 0 Å². The maximum atomic E-state index is 11.5. The molecule has 0 saturated carbocycles. The van der Waals surface area contributed by atoms with Crippen molar-refractivity contribution < 1.29 is 29.6 Å². The van der Waals surface area contributed by atoms with Crippen molar-refractivity contribution >= 4 is 23.6 Å². The molecule has 0 aliphatic rings. The van der Waals surface area contributed by atoms with Gasteiger partial charge in [0.05, 0.1) is 37.3 Å². The molecule has 5 N–H and O–H groups in total. The van der Waals surface area contributed by atoms with Gasteiger partial charge < -0.3 is 30.7 Å². The Bertz CT molecular complexity index is 408. The number of hydrogen-bond donors (Lipinski definition) is 5. The highest BCUT2D eigenvalue weighted by Crippen LogP contribution is 2.13. The number of hydrogen-bond acceptors (Lipinski definition) is 7. The van der Waals surface area contributed by atoms with Gasteiger partial charge in [0.2, 0.25) is 11.8 Å². The van der Waals surface area contributed by atoms with Crippen LogP contribution in [0, 0.1) is 5.92 Å². The second-order valence-electron chi connectivity index (χ2n) is 7.45. The normalized spacial score (nSPS) is 12.2. The van der Waals surface area contributed by atoms with E-state index in [2.05, 4.69) is 24.5 Å². The quantitative estimate of drug-likeness (QED) is 0.275. The van der Waals surface area contributed by atoms with E-state index in [0.29, 0.717) is 24.6 Å². The summed E-state index contributed by atoms with van der Waals surface area (Å²) in [5.41, 5.74) is -0.379. The van der Waals surface area contributed by atoms with E-state index in [4.69, 9.17) is 20.1 Å². The zero-order valence-electron chi connectivity index (χ0n) is 18.0. The third kappa shape index (κ3) is 23.2. The molecule has 2 amide bonds. The van der Waals surface area contributed by atoms with Crippen molar-refractivity contribution in [1.82, 2.24) is 10.6 Å². The Morgan fingerprint density at radius 3 is 2.29 bits per heavy atom. The van der Waals surface area contributed by atoms with Crippen LogP contribution in [-0.2, 0) is 14.3 Å². The van der Waals surface area contributed by atoms with Gasteiger partial charge in [0.1, 0.15) is 0 Å². The van der Waals surface area contributed by atoms with Gasteiger partial charge >= 0.3 is 0 Å². The zero-order chi connectivity index (χ0) is 22.0. The molecule has 168 valence electrons. The molecule has 0 fully saturated rings. The molecule has 8 nitrogen and oxygen atoms in total. The SMILES string of the molecule is CC(=O)NCCC(C)C.CC(C)(CCNC(=O)CSCC(O)CO)OCCO. The molecule has 1 atom stereocenters. The summed E-state index contributed by atoms with van der Waals surface area (Å²) in [4.78, 5) is 21.8. The fourth-order valence-corrected chi connectivity index (χ4v) is 2.61. The first kappa shape index (κ1) is 29.3. The molecule has 28 heavy (non-hydrogen) atoms.